The molecule has 1 unspecified atom stereocenters. The van der Waals surface area contributed by atoms with Crippen molar-refractivity contribution in [2.75, 3.05) is 11.9 Å². The number of halogens is 1. The number of hydrogen-bond donors (Lipinski definition) is 2. The molecule has 3 N–H and O–H groups in total. The van der Waals surface area contributed by atoms with E-state index in [2.05, 4.69) is 40.1 Å². The molecule has 0 saturated carbocycles. The average molecular weight is 328 g/mol. The van der Waals surface area contributed by atoms with Crippen LogP contribution in [0, 0.1) is 18.8 Å². The van der Waals surface area contributed by atoms with Crippen molar-refractivity contribution in [2.45, 2.75) is 33.6 Å². The Hall–Kier alpha value is -0.940. The summed E-state index contributed by atoms with van der Waals surface area (Å²) in [5.41, 5.74) is 6.56. The first kappa shape index (κ1) is 16.1. The number of nitrogens with one attached hydrogen (secondary N) is 1. The molecule has 0 aliphatic heterocycles. The molecule has 0 aliphatic rings. The van der Waals surface area contributed by atoms with E-state index in [1.165, 1.54) is 0 Å². The van der Waals surface area contributed by atoms with Gasteiger partial charge in [-0.3, -0.25) is 4.79 Å². The lowest BCUT2D eigenvalue weighted by molar-refractivity contribution is -0.117. The molecule has 1 heterocycles. The van der Waals surface area contributed by atoms with E-state index in [0.29, 0.717) is 24.7 Å². The molecule has 19 heavy (non-hydrogen) atoms. The number of hydrogen-bond acceptors (Lipinski definition) is 3. The summed E-state index contributed by atoms with van der Waals surface area (Å²) in [7, 11) is 0. The highest BCUT2D eigenvalue weighted by Gasteiger charge is 2.14. The SMILES string of the molecule is Cc1nc(NC(=O)CC(CN)CC(C)C)ccc1Br. The van der Waals surface area contributed by atoms with Gasteiger partial charge in [-0.05, 0) is 59.8 Å². The summed E-state index contributed by atoms with van der Waals surface area (Å²) < 4.78 is 0.935. The van der Waals surface area contributed by atoms with Gasteiger partial charge >= 0.3 is 0 Å². The molecule has 0 aliphatic carbocycles. The second kappa shape index (κ2) is 7.60. The Kier molecular flexibility index (Phi) is 6.45. The zero-order valence-electron chi connectivity index (χ0n) is 11.7. The zero-order chi connectivity index (χ0) is 14.4. The smallest absolute Gasteiger partial charge is 0.225 e. The lowest BCUT2D eigenvalue weighted by atomic mass is 9.94. The number of nitrogens with two attached hydrogens (primary N) is 1. The van der Waals surface area contributed by atoms with Crippen LogP contribution < -0.4 is 11.1 Å². The predicted molar refractivity (Wildman–Crippen MR) is 81.9 cm³/mol. The summed E-state index contributed by atoms with van der Waals surface area (Å²) in [6.45, 7) is 6.71. The van der Waals surface area contributed by atoms with Crippen molar-refractivity contribution in [1.29, 1.82) is 0 Å². The molecule has 0 saturated heterocycles. The Morgan fingerprint density at radius 1 is 1.47 bits per heavy atom. The van der Waals surface area contributed by atoms with Gasteiger partial charge in [0.1, 0.15) is 5.82 Å². The maximum Gasteiger partial charge on any atom is 0.225 e. The molecule has 0 aromatic carbocycles. The van der Waals surface area contributed by atoms with Gasteiger partial charge in [0.05, 0.1) is 5.69 Å². The van der Waals surface area contributed by atoms with E-state index >= 15 is 0 Å². The third kappa shape index (κ3) is 5.70. The van der Waals surface area contributed by atoms with Gasteiger partial charge in [-0.25, -0.2) is 4.98 Å². The van der Waals surface area contributed by atoms with E-state index in [1.54, 1.807) is 6.07 Å². The number of carbonyl (C=O) groups is 1. The fourth-order valence-corrected chi connectivity index (χ4v) is 2.22. The molecule has 1 aromatic heterocycles. The van der Waals surface area contributed by atoms with E-state index < -0.39 is 0 Å². The highest BCUT2D eigenvalue weighted by Crippen LogP contribution is 2.18. The van der Waals surface area contributed by atoms with Crippen LogP contribution >= 0.6 is 15.9 Å². The topological polar surface area (TPSA) is 68.0 Å². The van der Waals surface area contributed by atoms with Gasteiger partial charge in [0.15, 0.2) is 0 Å². The third-order valence-electron chi connectivity index (χ3n) is 2.90. The van der Waals surface area contributed by atoms with Crippen molar-refractivity contribution < 1.29 is 4.79 Å². The number of nitrogens with zero attached hydrogens (tertiary/aromatic N) is 1. The molecule has 0 spiro atoms. The molecule has 0 radical (unpaired) electrons. The van der Waals surface area contributed by atoms with Crippen LogP contribution in [0.5, 0.6) is 0 Å². The predicted octanol–water partition coefficient (Wildman–Crippen LogP) is 3.10. The first-order chi connectivity index (χ1) is 8.92. The summed E-state index contributed by atoms with van der Waals surface area (Å²) in [6.07, 6.45) is 1.42. The maximum absolute atomic E-state index is 11.9. The summed E-state index contributed by atoms with van der Waals surface area (Å²) in [5.74, 6) is 1.35. The molecule has 1 aromatic rings. The molecule has 5 heteroatoms. The minimum absolute atomic E-state index is 0.0228. The van der Waals surface area contributed by atoms with Crippen molar-refractivity contribution >= 4 is 27.7 Å². The van der Waals surface area contributed by atoms with Gasteiger partial charge in [-0.1, -0.05) is 13.8 Å². The quantitative estimate of drug-likeness (QED) is 0.843. The summed E-state index contributed by atoms with van der Waals surface area (Å²) in [6, 6.07) is 3.67. The van der Waals surface area contributed by atoms with Crippen LogP contribution in [0.3, 0.4) is 0 Å². The number of aryl methyl sites for hydroxylation is 1. The second-order valence-corrected chi connectivity index (χ2v) is 6.10. The van der Waals surface area contributed by atoms with E-state index in [-0.39, 0.29) is 11.8 Å². The molecule has 106 valence electrons. The minimum atomic E-state index is -0.0228. The largest absolute Gasteiger partial charge is 0.330 e. The lowest BCUT2D eigenvalue weighted by Crippen LogP contribution is -2.23. The fourth-order valence-electron chi connectivity index (χ4n) is 2.00. The minimum Gasteiger partial charge on any atom is -0.330 e. The zero-order valence-corrected chi connectivity index (χ0v) is 13.3. The molecule has 0 bridgehead atoms. The molecule has 0 fully saturated rings. The highest BCUT2D eigenvalue weighted by atomic mass is 79.9. The van der Waals surface area contributed by atoms with Crippen LogP contribution in [-0.4, -0.2) is 17.4 Å². The first-order valence-corrected chi connectivity index (χ1v) is 7.34. The van der Waals surface area contributed by atoms with E-state index in [4.69, 9.17) is 5.73 Å². The molecule has 1 atom stereocenters. The number of carbonyl (C=O) groups excluding carboxylic acids is 1. The first-order valence-electron chi connectivity index (χ1n) is 6.55. The van der Waals surface area contributed by atoms with Crippen molar-refractivity contribution in [3.8, 4) is 0 Å². The number of rotatable bonds is 6. The Bertz CT molecular complexity index is 435. The van der Waals surface area contributed by atoms with Crippen molar-refractivity contribution in [3.05, 3.63) is 22.3 Å². The Morgan fingerprint density at radius 2 is 2.16 bits per heavy atom. The van der Waals surface area contributed by atoms with Gasteiger partial charge in [0, 0.05) is 10.9 Å². The van der Waals surface area contributed by atoms with Gasteiger partial charge in [0.2, 0.25) is 5.91 Å². The molecule has 1 rings (SSSR count). The van der Waals surface area contributed by atoms with Gasteiger partial charge in [0.25, 0.3) is 0 Å². The van der Waals surface area contributed by atoms with E-state index in [0.717, 1.165) is 16.6 Å². The summed E-state index contributed by atoms with van der Waals surface area (Å²) in [5, 5.41) is 2.82. The van der Waals surface area contributed by atoms with Crippen molar-refractivity contribution in [1.82, 2.24) is 4.98 Å². The number of aromatic nitrogens is 1. The van der Waals surface area contributed by atoms with Crippen molar-refractivity contribution in [2.24, 2.45) is 17.6 Å². The number of amides is 1. The molecule has 4 nitrogen and oxygen atoms in total. The lowest BCUT2D eigenvalue weighted by Gasteiger charge is -2.16. The van der Waals surface area contributed by atoms with Crippen LogP contribution in [0.4, 0.5) is 5.82 Å². The van der Waals surface area contributed by atoms with Crippen LogP contribution in [-0.2, 0) is 4.79 Å². The van der Waals surface area contributed by atoms with Crippen molar-refractivity contribution in [3.63, 3.8) is 0 Å². The standard InChI is InChI=1S/C14H22BrN3O/c1-9(2)6-11(8-16)7-14(19)18-13-5-4-12(15)10(3)17-13/h4-5,9,11H,6-8,16H2,1-3H3,(H,17,18,19). The van der Waals surface area contributed by atoms with Gasteiger partial charge < -0.3 is 11.1 Å². The Morgan fingerprint density at radius 3 is 2.68 bits per heavy atom. The third-order valence-corrected chi connectivity index (χ3v) is 3.74. The monoisotopic (exact) mass is 327 g/mol. The molecular weight excluding hydrogens is 306 g/mol. The molecule has 1 amide bonds. The second-order valence-electron chi connectivity index (χ2n) is 5.25. The normalized spacial score (nSPS) is 12.5. The van der Waals surface area contributed by atoms with Gasteiger partial charge in [-0.15, -0.1) is 0 Å². The van der Waals surface area contributed by atoms with Gasteiger partial charge in [-0.2, -0.15) is 0 Å². The van der Waals surface area contributed by atoms with E-state index in [1.807, 2.05) is 13.0 Å². The highest BCUT2D eigenvalue weighted by molar-refractivity contribution is 9.10. The van der Waals surface area contributed by atoms with Crippen LogP contribution in [0.15, 0.2) is 16.6 Å². The number of pyridine rings is 1. The fraction of sp³-hybridized carbons (Fsp3) is 0.571. The Balaban J connectivity index is 2.56. The number of anilines is 1. The summed E-state index contributed by atoms with van der Waals surface area (Å²) >= 11 is 3.38. The molecular formula is C14H22BrN3O. The average Bonchev–Trinajstić information content (AvgIpc) is 2.32. The van der Waals surface area contributed by atoms with Crippen LogP contribution in [0.2, 0.25) is 0 Å². The summed E-state index contributed by atoms with van der Waals surface area (Å²) in [4.78, 5) is 16.2. The van der Waals surface area contributed by atoms with E-state index in [9.17, 15) is 4.79 Å². The Labute approximate surface area is 123 Å². The maximum atomic E-state index is 11.9. The van der Waals surface area contributed by atoms with Crippen LogP contribution in [0.25, 0.3) is 0 Å². The van der Waals surface area contributed by atoms with Crippen LogP contribution in [0.1, 0.15) is 32.4 Å².